The van der Waals surface area contributed by atoms with E-state index in [2.05, 4.69) is 10.3 Å². The second-order valence-electron chi connectivity index (χ2n) is 4.95. The highest BCUT2D eigenvalue weighted by molar-refractivity contribution is 6.32. The number of pyridine rings is 1. The van der Waals surface area contributed by atoms with Gasteiger partial charge in [0.1, 0.15) is 0 Å². The average Bonchev–Trinajstić information content (AvgIpc) is 2.61. The molecule has 0 saturated heterocycles. The molecule has 0 bridgehead atoms. The van der Waals surface area contributed by atoms with Crippen molar-refractivity contribution >= 4 is 23.2 Å². The molecule has 98 valence electrons. The van der Waals surface area contributed by atoms with Crippen LogP contribution in [0.15, 0.2) is 18.3 Å². The van der Waals surface area contributed by atoms with Crippen LogP contribution in [0.4, 0.5) is 5.69 Å². The molecule has 0 aliphatic heterocycles. The van der Waals surface area contributed by atoms with Crippen molar-refractivity contribution in [1.29, 1.82) is 0 Å². The molecule has 1 heterocycles. The van der Waals surface area contributed by atoms with Crippen molar-refractivity contribution in [1.82, 2.24) is 4.98 Å². The molecule has 0 spiro atoms. The summed E-state index contributed by atoms with van der Waals surface area (Å²) in [5.74, 6) is 0.583. The van der Waals surface area contributed by atoms with Gasteiger partial charge in [-0.1, -0.05) is 37.3 Å². The first-order valence-corrected chi connectivity index (χ1v) is 7.04. The smallest absolute Gasteiger partial charge is 0.224 e. The number of hydrogen-bond acceptors (Lipinski definition) is 2. The van der Waals surface area contributed by atoms with Crippen LogP contribution in [0.3, 0.4) is 0 Å². The Morgan fingerprint density at radius 1 is 1.33 bits per heavy atom. The molecule has 1 fully saturated rings. The third kappa shape index (κ3) is 3.98. The van der Waals surface area contributed by atoms with Crippen molar-refractivity contribution in [3.8, 4) is 0 Å². The van der Waals surface area contributed by atoms with E-state index in [1.807, 2.05) is 0 Å². The zero-order valence-corrected chi connectivity index (χ0v) is 11.2. The molecule has 0 atom stereocenters. The fourth-order valence-electron chi connectivity index (χ4n) is 2.51. The normalized spacial score (nSPS) is 17.2. The summed E-state index contributed by atoms with van der Waals surface area (Å²) in [7, 11) is 0. The van der Waals surface area contributed by atoms with Crippen LogP contribution in [0, 0.1) is 5.92 Å². The number of nitrogens with zero attached hydrogens (tertiary/aromatic N) is 1. The number of carbonyl (C=O) groups is 1. The van der Waals surface area contributed by atoms with Gasteiger partial charge in [-0.15, -0.1) is 0 Å². The Morgan fingerprint density at radius 2 is 2.06 bits per heavy atom. The third-order valence-electron chi connectivity index (χ3n) is 3.48. The fraction of sp³-hybridized carbons (Fsp3) is 0.571. The molecule has 1 aliphatic carbocycles. The molecule has 1 N–H and O–H groups in total. The molecule has 18 heavy (non-hydrogen) atoms. The summed E-state index contributed by atoms with van der Waals surface area (Å²) in [5.41, 5.74) is 0.609. The van der Waals surface area contributed by atoms with Gasteiger partial charge in [-0.25, -0.2) is 4.98 Å². The van der Waals surface area contributed by atoms with Crippen LogP contribution in [-0.2, 0) is 4.79 Å². The lowest BCUT2D eigenvalue weighted by atomic mass is 9.96. The number of halogens is 1. The predicted molar refractivity (Wildman–Crippen MR) is 73.7 cm³/mol. The number of carbonyl (C=O) groups excluding carboxylic acids is 1. The number of amides is 1. The van der Waals surface area contributed by atoms with Gasteiger partial charge in [-0.2, -0.15) is 0 Å². The number of rotatable bonds is 3. The molecule has 0 unspecified atom stereocenters. The number of anilines is 1. The van der Waals surface area contributed by atoms with E-state index < -0.39 is 0 Å². The molecule has 4 heteroatoms. The lowest BCUT2D eigenvalue weighted by molar-refractivity contribution is -0.117. The van der Waals surface area contributed by atoms with E-state index >= 15 is 0 Å². The van der Waals surface area contributed by atoms with E-state index in [1.54, 1.807) is 18.3 Å². The summed E-state index contributed by atoms with van der Waals surface area (Å²) < 4.78 is 0. The second kappa shape index (κ2) is 6.74. The van der Waals surface area contributed by atoms with Crippen molar-refractivity contribution in [2.45, 2.75) is 44.9 Å². The van der Waals surface area contributed by atoms with E-state index in [-0.39, 0.29) is 5.91 Å². The Hall–Kier alpha value is -1.09. The molecule has 1 aromatic rings. The topological polar surface area (TPSA) is 42.0 Å². The highest BCUT2D eigenvalue weighted by Gasteiger charge is 2.16. The van der Waals surface area contributed by atoms with Crippen molar-refractivity contribution in [2.75, 3.05) is 5.32 Å². The standard InChI is InChI=1S/C14H19ClN2O/c15-14-12(8-5-9-16-14)17-13(18)10-11-6-3-1-2-4-7-11/h5,8-9,11H,1-4,6-7,10H2,(H,17,18). The Kier molecular flexibility index (Phi) is 5.00. The second-order valence-corrected chi connectivity index (χ2v) is 5.31. The molecule has 1 aromatic heterocycles. The highest BCUT2D eigenvalue weighted by atomic mass is 35.5. The van der Waals surface area contributed by atoms with E-state index in [1.165, 1.54) is 38.5 Å². The van der Waals surface area contributed by atoms with Gasteiger partial charge in [0.25, 0.3) is 0 Å². The maximum Gasteiger partial charge on any atom is 0.224 e. The van der Waals surface area contributed by atoms with Gasteiger partial charge in [0.2, 0.25) is 5.91 Å². The zero-order chi connectivity index (χ0) is 12.8. The summed E-state index contributed by atoms with van der Waals surface area (Å²) in [5, 5.41) is 3.20. The van der Waals surface area contributed by atoms with Crippen LogP contribution >= 0.6 is 11.6 Å². The lowest BCUT2D eigenvalue weighted by Gasteiger charge is -2.13. The van der Waals surface area contributed by atoms with Crippen molar-refractivity contribution in [2.24, 2.45) is 5.92 Å². The Balaban J connectivity index is 1.86. The number of hydrogen-bond donors (Lipinski definition) is 1. The van der Waals surface area contributed by atoms with Crippen LogP contribution in [0.5, 0.6) is 0 Å². The number of aromatic nitrogens is 1. The fourth-order valence-corrected chi connectivity index (χ4v) is 2.68. The van der Waals surface area contributed by atoms with Crippen molar-refractivity contribution < 1.29 is 4.79 Å². The van der Waals surface area contributed by atoms with Crippen LogP contribution in [-0.4, -0.2) is 10.9 Å². The summed E-state index contributed by atoms with van der Waals surface area (Å²) in [6, 6.07) is 3.55. The van der Waals surface area contributed by atoms with Crippen LogP contribution in [0.1, 0.15) is 44.9 Å². The van der Waals surface area contributed by atoms with E-state index in [4.69, 9.17) is 11.6 Å². The predicted octanol–water partition coefficient (Wildman–Crippen LogP) is 4.03. The highest BCUT2D eigenvalue weighted by Crippen LogP contribution is 2.26. The van der Waals surface area contributed by atoms with Crippen molar-refractivity contribution in [3.63, 3.8) is 0 Å². The van der Waals surface area contributed by atoms with Crippen LogP contribution in [0.2, 0.25) is 5.15 Å². The first-order valence-electron chi connectivity index (χ1n) is 6.66. The molecule has 2 rings (SSSR count). The SMILES string of the molecule is O=C(CC1CCCCCC1)Nc1cccnc1Cl. The number of nitrogens with one attached hydrogen (secondary N) is 1. The average molecular weight is 267 g/mol. The Morgan fingerprint density at radius 3 is 2.72 bits per heavy atom. The Bertz CT molecular complexity index is 401. The quantitative estimate of drug-likeness (QED) is 0.663. The maximum atomic E-state index is 11.9. The monoisotopic (exact) mass is 266 g/mol. The summed E-state index contributed by atoms with van der Waals surface area (Å²) in [6.45, 7) is 0. The minimum atomic E-state index is 0.0526. The summed E-state index contributed by atoms with van der Waals surface area (Å²) in [6.07, 6.45) is 9.70. The molecule has 0 aromatic carbocycles. The summed E-state index contributed by atoms with van der Waals surface area (Å²) >= 11 is 5.91. The first-order chi connectivity index (χ1) is 8.75. The van der Waals surface area contributed by atoms with E-state index in [0.717, 1.165) is 0 Å². The van der Waals surface area contributed by atoms with Gasteiger partial charge in [0.05, 0.1) is 5.69 Å². The molecule has 3 nitrogen and oxygen atoms in total. The maximum absolute atomic E-state index is 11.9. The largest absolute Gasteiger partial charge is 0.323 e. The molecule has 1 amide bonds. The molecule has 1 aliphatic rings. The van der Waals surface area contributed by atoms with Gasteiger partial charge in [-0.05, 0) is 30.9 Å². The molecule has 0 radical (unpaired) electrons. The Labute approximate surface area is 113 Å². The minimum Gasteiger partial charge on any atom is -0.323 e. The van der Waals surface area contributed by atoms with Gasteiger partial charge in [0.15, 0.2) is 5.15 Å². The van der Waals surface area contributed by atoms with E-state index in [0.29, 0.717) is 23.2 Å². The van der Waals surface area contributed by atoms with E-state index in [9.17, 15) is 4.79 Å². The molecular weight excluding hydrogens is 248 g/mol. The van der Waals surface area contributed by atoms with Crippen molar-refractivity contribution in [3.05, 3.63) is 23.5 Å². The first kappa shape index (κ1) is 13.3. The van der Waals surface area contributed by atoms with Gasteiger partial charge in [0, 0.05) is 12.6 Å². The third-order valence-corrected chi connectivity index (χ3v) is 3.78. The van der Waals surface area contributed by atoms with Crippen LogP contribution < -0.4 is 5.32 Å². The van der Waals surface area contributed by atoms with Gasteiger partial charge >= 0.3 is 0 Å². The minimum absolute atomic E-state index is 0.0526. The zero-order valence-electron chi connectivity index (χ0n) is 10.5. The van der Waals surface area contributed by atoms with Crippen LogP contribution in [0.25, 0.3) is 0 Å². The summed E-state index contributed by atoms with van der Waals surface area (Å²) in [4.78, 5) is 15.9. The molecule has 1 saturated carbocycles. The van der Waals surface area contributed by atoms with Gasteiger partial charge < -0.3 is 5.32 Å². The lowest BCUT2D eigenvalue weighted by Crippen LogP contribution is -2.16. The van der Waals surface area contributed by atoms with Gasteiger partial charge in [-0.3, -0.25) is 4.79 Å². The molecular formula is C14H19ClN2O.